The van der Waals surface area contributed by atoms with Gasteiger partial charge in [-0.25, -0.2) is 0 Å². The van der Waals surface area contributed by atoms with Gasteiger partial charge in [0.25, 0.3) is 0 Å². The number of halogens is 1. The van der Waals surface area contributed by atoms with E-state index in [0.29, 0.717) is 23.7 Å². The highest BCUT2D eigenvalue weighted by Gasteiger charge is 2.27. The predicted molar refractivity (Wildman–Crippen MR) is 119 cm³/mol. The van der Waals surface area contributed by atoms with Crippen LogP contribution in [0.5, 0.6) is 5.75 Å². The fraction of sp³-hybridized carbons (Fsp3) is 0.364. The first-order chi connectivity index (χ1) is 14.0. The lowest BCUT2D eigenvalue weighted by atomic mass is 10.1. The molecule has 0 aromatic heterocycles. The summed E-state index contributed by atoms with van der Waals surface area (Å²) < 4.78 is 5.28. The van der Waals surface area contributed by atoms with Crippen molar-refractivity contribution in [2.75, 3.05) is 19.9 Å². The second kappa shape index (κ2) is 11.7. The second-order valence-corrected chi connectivity index (χ2v) is 7.89. The van der Waals surface area contributed by atoms with Gasteiger partial charge < -0.3 is 15.0 Å². The largest absolute Gasteiger partial charge is 0.497 e. The Hall–Kier alpha value is -2.18. The number of thioether (sulfide) groups is 1. The lowest BCUT2D eigenvalue weighted by Gasteiger charge is -2.30. The van der Waals surface area contributed by atoms with Crippen LogP contribution in [0.3, 0.4) is 0 Å². The first-order valence-electron chi connectivity index (χ1n) is 9.45. The quantitative estimate of drug-likeness (QED) is 0.610. The topological polar surface area (TPSA) is 58.6 Å². The highest BCUT2D eigenvalue weighted by molar-refractivity contribution is 7.99. The zero-order valence-corrected chi connectivity index (χ0v) is 18.6. The van der Waals surface area contributed by atoms with E-state index >= 15 is 0 Å². The van der Waals surface area contributed by atoms with Crippen molar-refractivity contribution in [3.63, 3.8) is 0 Å². The minimum absolute atomic E-state index is 0.0830. The molecule has 2 amide bonds. The van der Waals surface area contributed by atoms with E-state index < -0.39 is 6.04 Å². The average molecular weight is 435 g/mol. The van der Waals surface area contributed by atoms with E-state index in [2.05, 4.69) is 5.32 Å². The Bertz CT molecular complexity index is 831. The fourth-order valence-corrected chi connectivity index (χ4v) is 4.20. The van der Waals surface area contributed by atoms with Gasteiger partial charge in [-0.05, 0) is 35.7 Å². The number of nitrogens with zero attached hydrogens (tertiary/aromatic N) is 1. The monoisotopic (exact) mass is 434 g/mol. The van der Waals surface area contributed by atoms with Crippen LogP contribution >= 0.6 is 23.4 Å². The molecule has 0 unspecified atom stereocenters. The molecule has 2 aromatic rings. The minimum Gasteiger partial charge on any atom is -0.497 e. The van der Waals surface area contributed by atoms with Crippen LogP contribution in [0.4, 0.5) is 0 Å². The third-order valence-corrected chi connectivity index (χ3v) is 5.90. The maximum absolute atomic E-state index is 13.1. The molecular weight excluding hydrogens is 408 g/mol. The molecule has 2 rings (SSSR count). The Morgan fingerprint density at radius 1 is 1.21 bits per heavy atom. The molecule has 1 N–H and O–H groups in total. The normalized spacial score (nSPS) is 11.6. The maximum Gasteiger partial charge on any atom is 0.242 e. The maximum atomic E-state index is 13.1. The molecule has 0 aliphatic carbocycles. The standard InChI is InChI=1S/C22H27ClN2O3S/c1-4-20(22(27)24-2)25(13-16-8-7-10-18(12-16)28-3)21(26)15-29-14-17-9-5-6-11-19(17)23/h5-12,20H,4,13-15H2,1-3H3,(H,24,27)/t20-/m1/s1. The SMILES string of the molecule is CC[C@H](C(=O)NC)N(Cc1cccc(OC)c1)C(=O)CSCc1ccccc1Cl. The van der Waals surface area contributed by atoms with Gasteiger partial charge in [-0.15, -0.1) is 11.8 Å². The number of rotatable bonds is 10. The van der Waals surface area contributed by atoms with Gasteiger partial charge in [0, 0.05) is 24.4 Å². The summed E-state index contributed by atoms with van der Waals surface area (Å²) in [5.41, 5.74) is 1.90. The Labute approximate surface area is 181 Å². The summed E-state index contributed by atoms with van der Waals surface area (Å²) in [6.07, 6.45) is 0.532. The molecule has 29 heavy (non-hydrogen) atoms. The summed E-state index contributed by atoms with van der Waals surface area (Å²) in [7, 11) is 3.19. The van der Waals surface area contributed by atoms with Crippen molar-refractivity contribution in [2.24, 2.45) is 0 Å². The number of carbonyl (C=O) groups excluding carboxylic acids is 2. The Morgan fingerprint density at radius 3 is 2.62 bits per heavy atom. The van der Waals surface area contributed by atoms with Crippen molar-refractivity contribution < 1.29 is 14.3 Å². The van der Waals surface area contributed by atoms with Gasteiger partial charge in [-0.1, -0.05) is 48.9 Å². The first-order valence-corrected chi connectivity index (χ1v) is 11.0. The van der Waals surface area contributed by atoms with Gasteiger partial charge in [0.1, 0.15) is 11.8 Å². The van der Waals surface area contributed by atoms with Gasteiger partial charge in [0.2, 0.25) is 11.8 Å². The number of amides is 2. The van der Waals surface area contributed by atoms with Crippen LogP contribution in [0.2, 0.25) is 5.02 Å². The van der Waals surface area contributed by atoms with Crippen molar-refractivity contribution in [3.8, 4) is 5.75 Å². The van der Waals surface area contributed by atoms with E-state index in [-0.39, 0.29) is 17.6 Å². The molecule has 0 aliphatic rings. The first kappa shape index (κ1) is 23.1. The van der Waals surface area contributed by atoms with Gasteiger partial charge >= 0.3 is 0 Å². The van der Waals surface area contributed by atoms with Crippen LogP contribution < -0.4 is 10.1 Å². The summed E-state index contributed by atoms with van der Waals surface area (Å²) in [6, 6.07) is 14.6. The number of hydrogen-bond donors (Lipinski definition) is 1. The van der Waals surface area contributed by atoms with Crippen LogP contribution in [0.1, 0.15) is 24.5 Å². The van der Waals surface area contributed by atoms with Crippen molar-refractivity contribution in [2.45, 2.75) is 31.7 Å². The Kier molecular flexibility index (Phi) is 9.35. The summed E-state index contributed by atoms with van der Waals surface area (Å²) in [5.74, 6) is 1.37. The van der Waals surface area contributed by atoms with Crippen LogP contribution in [-0.2, 0) is 21.9 Å². The van der Waals surface area contributed by atoms with Gasteiger partial charge in [0.05, 0.1) is 12.9 Å². The van der Waals surface area contributed by atoms with Crippen molar-refractivity contribution in [3.05, 3.63) is 64.7 Å². The third-order valence-electron chi connectivity index (χ3n) is 4.56. The molecular formula is C22H27ClN2O3S. The van der Waals surface area contributed by atoms with Gasteiger partial charge in [0.15, 0.2) is 0 Å². The molecule has 156 valence electrons. The molecule has 0 spiro atoms. The smallest absolute Gasteiger partial charge is 0.242 e. The van der Waals surface area contributed by atoms with Crippen LogP contribution in [-0.4, -0.2) is 42.7 Å². The van der Waals surface area contributed by atoms with E-state index in [0.717, 1.165) is 16.9 Å². The number of methoxy groups -OCH3 is 1. The van der Waals surface area contributed by atoms with Crippen molar-refractivity contribution in [1.29, 1.82) is 0 Å². The van der Waals surface area contributed by atoms with Crippen molar-refractivity contribution >= 4 is 35.2 Å². The summed E-state index contributed by atoms with van der Waals surface area (Å²) >= 11 is 7.69. The minimum atomic E-state index is -0.528. The molecule has 2 aromatic carbocycles. The van der Waals surface area contributed by atoms with Crippen LogP contribution in [0.25, 0.3) is 0 Å². The van der Waals surface area contributed by atoms with Crippen LogP contribution in [0.15, 0.2) is 48.5 Å². The Balaban J connectivity index is 2.13. The molecule has 0 fully saturated rings. The summed E-state index contributed by atoms with van der Waals surface area (Å²) in [5, 5.41) is 3.36. The number of carbonyl (C=O) groups is 2. The molecule has 7 heteroatoms. The summed E-state index contributed by atoms with van der Waals surface area (Å²) in [4.78, 5) is 27.1. The average Bonchev–Trinajstić information content (AvgIpc) is 2.74. The molecule has 0 radical (unpaired) electrons. The highest BCUT2D eigenvalue weighted by atomic mass is 35.5. The fourth-order valence-electron chi connectivity index (χ4n) is 3.00. The van der Waals surface area contributed by atoms with Gasteiger partial charge in [-0.3, -0.25) is 9.59 Å². The highest BCUT2D eigenvalue weighted by Crippen LogP contribution is 2.22. The number of ether oxygens (including phenoxy) is 1. The lowest BCUT2D eigenvalue weighted by molar-refractivity contribution is -0.139. The number of benzene rings is 2. The van der Waals surface area contributed by atoms with E-state index in [1.54, 1.807) is 19.1 Å². The molecule has 0 saturated carbocycles. The third kappa shape index (κ3) is 6.68. The number of nitrogens with one attached hydrogen (secondary N) is 1. The van der Waals surface area contributed by atoms with Crippen LogP contribution in [0, 0.1) is 0 Å². The molecule has 5 nitrogen and oxygen atoms in total. The van der Waals surface area contributed by atoms with E-state index in [1.165, 1.54) is 11.8 Å². The zero-order valence-electron chi connectivity index (χ0n) is 17.0. The van der Waals surface area contributed by atoms with Gasteiger partial charge in [-0.2, -0.15) is 0 Å². The Morgan fingerprint density at radius 2 is 1.97 bits per heavy atom. The number of likely N-dealkylation sites (N-methyl/N-ethyl adjacent to an activating group) is 1. The number of hydrogen-bond acceptors (Lipinski definition) is 4. The van der Waals surface area contributed by atoms with E-state index in [1.807, 2.05) is 55.5 Å². The van der Waals surface area contributed by atoms with E-state index in [4.69, 9.17) is 16.3 Å². The predicted octanol–water partition coefficient (Wildman–Crippen LogP) is 4.14. The van der Waals surface area contributed by atoms with Crippen molar-refractivity contribution in [1.82, 2.24) is 10.2 Å². The van der Waals surface area contributed by atoms with E-state index in [9.17, 15) is 9.59 Å². The molecule has 0 heterocycles. The summed E-state index contributed by atoms with van der Waals surface area (Å²) in [6.45, 7) is 2.25. The lowest BCUT2D eigenvalue weighted by Crippen LogP contribution is -2.48. The molecule has 0 saturated heterocycles. The molecule has 0 aliphatic heterocycles. The second-order valence-electron chi connectivity index (χ2n) is 6.50. The molecule has 1 atom stereocenters. The molecule has 0 bridgehead atoms. The zero-order chi connectivity index (χ0) is 21.2.